The molecule has 18 heavy (non-hydrogen) atoms. The van der Waals surface area contributed by atoms with E-state index in [2.05, 4.69) is 5.32 Å². The van der Waals surface area contributed by atoms with Crippen molar-refractivity contribution >= 4 is 5.78 Å². The molecular formula is C14H19NO3. The van der Waals surface area contributed by atoms with Gasteiger partial charge in [0.2, 0.25) is 0 Å². The monoisotopic (exact) mass is 249 g/mol. The molecule has 4 nitrogen and oxygen atoms in total. The SMILES string of the molecule is COc1ccc(OC)c(C(=O)C(C)NC2CC2)c1. The minimum atomic E-state index is -0.196. The second kappa shape index (κ2) is 5.40. The Kier molecular flexibility index (Phi) is 3.87. The molecule has 0 heterocycles. The first-order valence-electron chi connectivity index (χ1n) is 6.18. The molecule has 0 aliphatic heterocycles. The summed E-state index contributed by atoms with van der Waals surface area (Å²) in [6, 6.07) is 5.58. The summed E-state index contributed by atoms with van der Waals surface area (Å²) in [5.74, 6) is 1.29. The highest BCUT2D eigenvalue weighted by Crippen LogP contribution is 2.26. The molecule has 1 aromatic rings. The Morgan fingerprint density at radius 3 is 2.61 bits per heavy atom. The number of carbonyl (C=O) groups excluding carboxylic acids is 1. The van der Waals surface area contributed by atoms with E-state index in [0.717, 1.165) is 12.8 Å². The zero-order valence-electron chi connectivity index (χ0n) is 11.0. The lowest BCUT2D eigenvalue weighted by molar-refractivity contribution is 0.0946. The van der Waals surface area contributed by atoms with Crippen LogP contribution in [0.5, 0.6) is 11.5 Å². The molecular weight excluding hydrogens is 230 g/mol. The van der Waals surface area contributed by atoms with Crippen LogP contribution in [0.25, 0.3) is 0 Å². The van der Waals surface area contributed by atoms with Crippen molar-refractivity contribution in [2.45, 2.75) is 31.8 Å². The van der Waals surface area contributed by atoms with Crippen LogP contribution in [-0.4, -0.2) is 32.1 Å². The van der Waals surface area contributed by atoms with Crippen LogP contribution in [0.3, 0.4) is 0 Å². The highest BCUT2D eigenvalue weighted by Gasteiger charge is 2.27. The third-order valence-corrected chi connectivity index (χ3v) is 3.13. The summed E-state index contributed by atoms with van der Waals surface area (Å²) in [7, 11) is 3.15. The lowest BCUT2D eigenvalue weighted by Gasteiger charge is -2.15. The topological polar surface area (TPSA) is 47.6 Å². The Morgan fingerprint density at radius 1 is 1.33 bits per heavy atom. The lowest BCUT2D eigenvalue weighted by Crippen LogP contribution is -2.35. The van der Waals surface area contributed by atoms with Crippen molar-refractivity contribution in [2.24, 2.45) is 0 Å². The van der Waals surface area contributed by atoms with Crippen LogP contribution in [0.15, 0.2) is 18.2 Å². The first kappa shape index (κ1) is 12.9. The fraction of sp³-hybridized carbons (Fsp3) is 0.500. The van der Waals surface area contributed by atoms with Gasteiger partial charge in [0, 0.05) is 6.04 Å². The zero-order valence-corrected chi connectivity index (χ0v) is 11.0. The van der Waals surface area contributed by atoms with E-state index in [9.17, 15) is 4.79 Å². The van der Waals surface area contributed by atoms with Crippen LogP contribution in [0, 0.1) is 0 Å². The first-order chi connectivity index (χ1) is 8.65. The van der Waals surface area contributed by atoms with Crippen LogP contribution >= 0.6 is 0 Å². The summed E-state index contributed by atoms with van der Waals surface area (Å²) in [6.45, 7) is 1.89. The third-order valence-electron chi connectivity index (χ3n) is 3.13. The Balaban J connectivity index is 2.20. The second-order valence-electron chi connectivity index (χ2n) is 4.59. The molecule has 4 heteroatoms. The van der Waals surface area contributed by atoms with E-state index < -0.39 is 0 Å². The number of rotatable bonds is 6. The van der Waals surface area contributed by atoms with Gasteiger partial charge in [0.25, 0.3) is 0 Å². The van der Waals surface area contributed by atoms with E-state index in [1.165, 1.54) is 0 Å². The number of carbonyl (C=O) groups is 1. The molecule has 1 N–H and O–H groups in total. The zero-order chi connectivity index (χ0) is 13.1. The largest absolute Gasteiger partial charge is 0.497 e. The highest BCUT2D eigenvalue weighted by molar-refractivity contribution is 6.02. The van der Waals surface area contributed by atoms with Gasteiger partial charge in [-0.15, -0.1) is 0 Å². The number of nitrogens with one attached hydrogen (secondary N) is 1. The average molecular weight is 249 g/mol. The van der Waals surface area contributed by atoms with Gasteiger partial charge in [-0.05, 0) is 38.0 Å². The molecule has 1 atom stereocenters. The predicted octanol–water partition coefficient (Wildman–Crippen LogP) is 2.03. The van der Waals surface area contributed by atoms with E-state index in [-0.39, 0.29) is 11.8 Å². The average Bonchev–Trinajstić information content (AvgIpc) is 3.20. The van der Waals surface area contributed by atoms with Crippen LogP contribution in [0.1, 0.15) is 30.1 Å². The number of Topliss-reactive ketones (excluding diaryl/α,β-unsaturated/α-hetero) is 1. The Morgan fingerprint density at radius 2 is 2.06 bits per heavy atom. The van der Waals surface area contributed by atoms with E-state index in [1.54, 1.807) is 32.4 Å². The van der Waals surface area contributed by atoms with Crippen LogP contribution in [0.2, 0.25) is 0 Å². The van der Waals surface area contributed by atoms with Crippen molar-refractivity contribution in [3.8, 4) is 11.5 Å². The number of benzene rings is 1. The molecule has 0 saturated heterocycles. The van der Waals surface area contributed by atoms with Crippen molar-refractivity contribution < 1.29 is 14.3 Å². The summed E-state index contributed by atoms with van der Waals surface area (Å²) in [5, 5.41) is 3.29. The van der Waals surface area contributed by atoms with Gasteiger partial charge in [-0.3, -0.25) is 4.79 Å². The van der Waals surface area contributed by atoms with Gasteiger partial charge in [-0.1, -0.05) is 0 Å². The fourth-order valence-corrected chi connectivity index (χ4v) is 1.92. The Hall–Kier alpha value is -1.55. The molecule has 0 radical (unpaired) electrons. The van der Waals surface area contributed by atoms with Gasteiger partial charge in [0.05, 0.1) is 25.8 Å². The quantitative estimate of drug-likeness (QED) is 0.784. The molecule has 1 saturated carbocycles. The summed E-state index contributed by atoms with van der Waals surface area (Å²) < 4.78 is 10.4. The molecule has 0 aromatic heterocycles. The Bertz CT molecular complexity index is 441. The minimum absolute atomic E-state index is 0.0395. The Labute approximate surface area is 107 Å². The number of ether oxygens (including phenoxy) is 2. The van der Waals surface area contributed by atoms with E-state index in [1.807, 2.05) is 6.92 Å². The van der Waals surface area contributed by atoms with Gasteiger partial charge in [0.15, 0.2) is 5.78 Å². The smallest absolute Gasteiger partial charge is 0.183 e. The van der Waals surface area contributed by atoms with Gasteiger partial charge in [0.1, 0.15) is 11.5 Å². The molecule has 1 aliphatic carbocycles. The molecule has 1 aliphatic rings. The summed E-state index contributed by atoms with van der Waals surface area (Å²) in [4.78, 5) is 12.4. The van der Waals surface area contributed by atoms with Crippen molar-refractivity contribution in [3.63, 3.8) is 0 Å². The predicted molar refractivity (Wildman–Crippen MR) is 69.5 cm³/mol. The lowest BCUT2D eigenvalue weighted by atomic mass is 10.0. The number of hydrogen-bond acceptors (Lipinski definition) is 4. The maximum Gasteiger partial charge on any atom is 0.183 e. The van der Waals surface area contributed by atoms with Gasteiger partial charge < -0.3 is 14.8 Å². The van der Waals surface area contributed by atoms with E-state index in [4.69, 9.17) is 9.47 Å². The molecule has 1 fully saturated rings. The maximum absolute atomic E-state index is 12.4. The third kappa shape index (κ3) is 2.82. The highest BCUT2D eigenvalue weighted by atomic mass is 16.5. The van der Waals surface area contributed by atoms with Crippen molar-refractivity contribution in [1.29, 1.82) is 0 Å². The number of ketones is 1. The maximum atomic E-state index is 12.4. The molecule has 1 aromatic carbocycles. The normalized spacial score (nSPS) is 16.2. The van der Waals surface area contributed by atoms with Gasteiger partial charge in [-0.2, -0.15) is 0 Å². The molecule has 98 valence electrons. The van der Waals surface area contributed by atoms with Crippen molar-refractivity contribution in [2.75, 3.05) is 14.2 Å². The summed E-state index contributed by atoms with van der Waals surface area (Å²) in [5.41, 5.74) is 0.567. The molecule has 2 rings (SSSR count). The van der Waals surface area contributed by atoms with Gasteiger partial charge in [-0.25, -0.2) is 0 Å². The fourth-order valence-electron chi connectivity index (χ4n) is 1.92. The van der Waals surface area contributed by atoms with Crippen LogP contribution in [0.4, 0.5) is 0 Å². The van der Waals surface area contributed by atoms with Crippen molar-refractivity contribution in [1.82, 2.24) is 5.32 Å². The molecule has 0 amide bonds. The van der Waals surface area contributed by atoms with Crippen molar-refractivity contribution in [3.05, 3.63) is 23.8 Å². The van der Waals surface area contributed by atoms with Gasteiger partial charge >= 0.3 is 0 Å². The summed E-state index contributed by atoms with van der Waals surface area (Å²) in [6.07, 6.45) is 2.32. The standard InChI is InChI=1S/C14H19NO3/c1-9(15-10-4-5-10)14(16)12-8-11(17-2)6-7-13(12)18-3/h6-10,15H,4-5H2,1-3H3. The first-order valence-corrected chi connectivity index (χ1v) is 6.18. The summed E-state index contributed by atoms with van der Waals surface area (Å²) >= 11 is 0. The molecule has 0 spiro atoms. The van der Waals surface area contributed by atoms with E-state index >= 15 is 0 Å². The number of hydrogen-bond donors (Lipinski definition) is 1. The van der Waals surface area contributed by atoms with E-state index in [0.29, 0.717) is 23.1 Å². The molecule has 1 unspecified atom stereocenters. The number of methoxy groups -OCH3 is 2. The van der Waals surface area contributed by atoms with Crippen LogP contribution in [-0.2, 0) is 0 Å². The minimum Gasteiger partial charge on any atom is -0.497 e. The molecule has 0 bridgehead atoms. The second-order valence-corrected chi connectivity index (χ2v) is 4.59. The van der Waals surface area contributed by atoms with Crippen LogP contribution < -0.4 is 14.8 Å².